The van der Waals surface area contributed by atoms with E-state index in [0.717, 1.165) is 16.8 Å². The van der Waals surface area contributed by atoms with Crippen molar-refractivity contribution < 1.29 is 30.0 Å². The van der Waals surface area contributed by atoms with Crippen molar-refractivity contribution in [3.63, 3.8) is 0 Å². The van der Waals surface area contributed by atoms with Crippen LogP contribution >= 0.6 is 0 Å². The summed E-state index contributed by atoms with van der Waals surface area (Å²) in [5, 5.41) is 12.0. The van der Waals surface area contributed by atoms with Gasteiger partial charge in [0.1, 0.15) is 5.76 Å². The maximum atomic E-state index is 11.5. The smallest absolute Gasteiger partial charge is 0.164 e. The van der Waals surface area contributed by atoms with Crippen molar-refractivity contribution in [2.45, 2.75) is 101 Å². The number of aliphatic hydroxyl groups is 1. The third-order valence-corrected chi connectivity index (χ3v) is 6.51. The Kier molecular flexibility index (Phi) is 11.1. The molecule has 4 heteroatoms. The Balaban J connectivity index is 0.000000466. The van der Waals surface area contributed by atoms with Crippen LogP contribution in [-0.4, -0.2) is 15.9 Å². The third kappa shape index (κ3) is 10.00. The molecule has 0 aliphatic rings. The predicted octanol–water partition coefficient (Wildman–Crippen LogP) is 9.69. The molecule has 0 bridgehead atoms. The van der Waals surface area contributed by atoms with Crippen molar-refractivity contribution in [1.29, 1.82) is 0 Å². The summed E-state index contributed by atoms with van der Waals surface area (Å²) in [4.78, 5) is 16.2. The number of aliphatic hydroxyl groups excluding tert-OH is 1. The molecule has 39 heavy (non-hydrogen) atoms. The van der Waals surface area contributed by atoms with E-state index >= 15 is 0 Å². The molecule has 0 spiro atoms. The number of hydrogen-bond donors (Lipinski definition) is 1. The minimum Gasteiger partial charge on any atom is -0.512 e. The molecule has 1 heterocycles. The van der Waals surface area contributed by atoms with Gasteiger partial charge in [0.25, 0.3) is 0 Å². The summed E-state index contributed by atoms with van der Waals surface area (Å²) >= 11 is 0. The topological polar surface area (TPSA) is 50.2 Å². The van der Waals surface area contributed by atoms with E-state index in [1.807, 2.05) is 47.7 Å². The minimum absolute atomic E-state index is 0. The fraction of sp³-hybridized carbons (Fsp3) is 0.486. The number of allylic oxidation sites excluding steroid dienone is 2. The van der Waals surface area contributed by atoms with Gasteiger partial charge in [-0.05, 0) is 38.9 Å². The number of hydrogen-bond acceptors (Lipinski definition) is 3. The standard InChI is InChI=1S/C24H28N.C11H20O2.Ir/c1-16-10-18(12-21(11-16)24(5,6)7)22-14-17-8-9-20(23(2,3)4)13-19(17)15-25-22;1-10(2,3)8(12)7-9(13)11(4,5)6;/h8-9,11-15H,1-7H3;7,12H,1-6H3;/q-1;;/b;8-7-;. The number of aromatic nitrogens is 1. The Morgan fingerprint density at radius 1 is 0.769 bits per heavy atom. The summed E-state index contributed by atoms with van der Waals surface area (Å²) in [5.41, 5.74) is 5.39. The fourth-order valence-corrected chi connectivity index (χ4v) is 3.60. The summed E-state index contributed by atoms with van der Waals surface area (Å²) in [5.74, 6) is 0.104. The average Bonchev–Trinajstić information content (AvgIpc) is 2.76. The fourth-order valence-electron chi connectivity index (χ4n) is 3.60. The number of nitrogens with zero attached hydrogens (tertiary/aromatic N) is 1. The molecule has 0 unspecified atom stereocenters. The first-order valence-corrected chi connectivity index (χ1v) is 13.5. The minimum atomic E-state index is -0.417. The van der Waals surface area contributed by atoms with E-state index < -0.39 is 5.41 Å². The van der Waals surface area contributed by atoms with Gasteiger partial charge >= 0.3 is 0 Å². The van der Waals surface area contributed by atoms with E-state index in [0.29, 0.717) is 0 Å². The van der Waals surface area contributed by atoms with Crippen molar-refractivity contribution in [2.24, 2.45) is 10.8 Å². The molecule has 1 radical (unpaired) electrons. The van der Waals surface area contributed by atoms with Crippen molar-refractivity contribution in [2.75, 3.05) is 0 Å². The number of aryl methyl sites for hydroxylation is 1. The maximum absolute atomic E-state index is 11.5. The molecule has 3 aromatic rings. The van der Waals surface area contributed by atoms with Crippen LogP contribution in [0.25, 0.3) is 22.0 Å². The Labute approximate surface area is 250 Å². The SMILES string of the molecule is CC(C)(C)C(=O)/C=C(\O)C(C)(C)C.Cc1[c-]c(-c2cc3ccc(C(C)(C)C)cc3cn2)cc(C(C)(C)C)c1.[Ir]. The third-order valence-electron chi connectivity index (χ3n) is 6.51. The van der Waals surface area contributed by atoms with Crippen LogP contribution in [-0.2, 0) is 35.7 Å². The first-order chi connectivity index (χ1) is 17.1. The molecule has 3 rings (SSSR count). The molecule has 0 aliphatic carbocycles. The van der Waals surface area contributed by atoms with E-state index in [2.05, 4.69) is 90.9 Å². The van der Waals surface area contributed by atoms with Crippen molar-refractivity contribution in [1.82, 2.24) is 4.98 Å². The van der Waals surface area contributed by atoms with Gasteiger partial charge in [0.15, 0.2) is 5.78 Å². The van der Waals surface area contributed by atoms with E-state index in [1.165, 1.54) is 28.0 Å². The van der Waals surface area contributed by atoms with Gasteiger partial charge in [-0.1, -0.05) is 108 Å². The van der Waals surface area contributed by atoms with Gasteiger partial charge < -0.3 is 10.1 Å². The van der Waals surface area contributed by atoms with Gasteiger partial charge in [-0.2, -0.15) is 0 Å². The van der Waals surface area contributed by atoms with E-state index in [9.17, 15) is 9.90 Å². The van der Waals surface area contributed by atoms with Gasteiger partial charge in [-0.25, -0.2) is 0 Å². The van der Waals surface area contributed by atoms with E-state index in [-0.39, 0.29) is 47.9 Å². The summed E-state index contributed by atoms with van der Waals surface area (Å²) in [6, 6.07) is 16.8. The molecule has 215 valence electrons. The van der Waals surface area contributed by atoms with Gasteiger partial charge in [-0.3, -0.25) is 4.79 Å². The van der Waals surface area contributed by atoms with Crippen LogP contribution in [0.5, 0.6) is 0 Å². The summed E-state index contributed by atoms with van der Waals surface area (Å²) < 4.78 is 0. The Bertz CT molecular complexity index is 1320. The number of carbonyl (C=O) groups is 1. The van der Waals surface area contributed by atoms with Crippen LogP contribution in [0.3, 0.4) is 0 Å². The molecule has 0 saturated heterocycles. The zero-order valence-electron chi connectivity index (χ0n) is 26.3. The van der Waals surface area contributed by atoms with Gasteiger partial charge in [-0.15, -0.1) is 34.9 Å². The van der Waals surface area contributed by atoms with Crippen LogP contribution in [0, 0.1) is 23.8 Å². The molecule has 0 fully saturated rings. The normalized spacial score (nSPS) is 12.9. The van der Waals surface area contributed by atoms with Crippen LogP contribution in [0.1, 0.15) is 99.8 Å². The molecule has 0 amide bonds. The Morgan fingerprint density at radius 2 is 1.33 bits per heavy atom. The van der Waals surface area contributed by atoms with Crippen LogP contribution < -0.4 is 0 Å². The zero-order chi connectivity index (χ0) is 29.3. The van der Waals surface area contributed by atoms with Gasteiger partial charge in [0.2, 0.25) is 0 Å². The van der Waals surface area contributed by atoms with Crippen LogP contribution in [0.2, 0.25) is 0 Å². The summed E-state index contributed by atoms with van der Waals surface area (Å²) in [6.45, 7) is 26.7. The molecular weight excluding hydrogens is 659 g/mol. The van der Waals surface area contributed by atoms with Crippen molar-refractivity contribution in [3.8, 4) is 11.3 Å². The molecular formula is C35H48IrNO2-. The molecule has 0 atom stereocenters. The summed E-state index contributed by atoms with van der Waals surface area (Å²) in [7, 11) is 0. The second-order valence-electron chi connectivity index (χ2n) is 14.5. The average molecular weight is 707 g/mol. The second-order valence-corrected chi connectivity index (χ2v) is 14.5. The number of carbonyl (C=O) groups excluding carboxylic acids is 1. The number of fused-ring (bicyclic) bond motifs is 1. The second kappa shape index (κ2) is 12.5. The van der Waals surface area contributed by atoms with Crippen LogP contribution in [0.4, 0.5) is 0 Å². The number of pyridine rings is 1. The summed E-state index contributed by atoms with van der Waals surface area (Å²) in [6.07, 6.45) is 3.33. The van der Waals surface area contributed by atoms with E-state index in [1.54, 1.807) is 0 Å². The molecule has 0 saturated carbocycles. The monoisotopic (exact) mass is 707 g/mol. The predicted molar refractivity (Wildman–Crippen MR) is 163 cm³/mol. The first kappa shape index (κ1) is 34.7. The Morgan fingerprint density at radius 3 is 1.82 bits per heavy atom. The Hall–Kier alpha value is -2.29. The molecule has 2 aromatic carbocycles. The van der Waals surface area contributed by atoms with Gasteiger partial charge in [0, 0.05) is 43.2 Å². The quantitative estimate of drug-likeness (QED) is 0.164. The van der Waals surface area contributed by atoms with E-state index in [4.69, 9.17) is 4.98 Å². The maximum Gasteiger partial charge on any atom is 0.164 e. The van der Waals surface area contributed by atoms with Crippen molar-refractivity contribution >= 4 is 16.6 Å². The molecule has 3 nitrogen and oxygen atoms in total. The molecule has 1 N–H and O–H groups in total. The van der Waals surface area contributed by atoms with Crippen molar-refractivity contribution in [3.05, 3.63) is 77.2 Å². The van der Waals surface area contributed by atoms with Gasteiger partial charge in [0.05, 0.1) is 0 Å². The largest absolute Gasteiger partial charge is 0.512 e. The first-order valence-electron chi connectivity index (χ1n) is 13.5. The van der Waals surface area contributed by atoms with Crippen LogP contribution in [0.15, 0.2) is 54.4 Å². The molecule has 0 aliphatic heterocycles. The number of rotatable bonds is 2. The number of benzene rings is 2. The zero-order valence-corrected chi connectivity index (χ0v) is 28.6. The number of ketones is 1. The molecule has 1 aromatic heterocycles.